The molecule has 1 aromatic carbocycles. The van der Waals surface area contributed by atoms with Gasteiger partial charge in [-0.05, 0) is 49.9 Å². The maximum atomic E-state index is 11.3. The summed E-state index contributed by atoms with van der Waals surface area (Å²) in [5.41, 5.74) is 4.98. The van der Waals surface area contributed by atoms with Gasteiger partial charge in [0.25, 0.3) is 0 Å². The molecule has 2 aromatic rings. The van der Waals surface area contributed by atoms with Gasteiger partial charge in [-0.3, -0.25) is 0 Å². The van der Waals surface area contributed by atoms with E-state index >= 15 is 0 Å². The van der Waals surface area contributed by atoms with Gasteiger partial charge < -0.3 is 9.67 Å². The Morgan fingerprint density at radius 2 is 1.90 bits per heavy atom. The van der Waals surface area contributed by atoms with Gasteiger partial charge in [0.15, 0.2) is 0 Å². The Labute approximate surface area is 120 Å². The number of hydrogen-bond acceptors (Lipinski definition) is 1. The highest BCUT2D eigenvalue weighted by Crippen LogP contribution is 2.30. The maximum absolute atomic E-state index is 11.3. The first-order chi connectivity index (χ1) is 9.51. The van der Waals surface area contributed by atoms with Crippen LogP contribution < -0.4 is 0 Å². The minimum absolute atomic E-state index is 0.412. The summed E-state index contributed by atoms with van der Waals surface area (Å²) in [5.74, 6) is -0.844. The third kappa shape index (κ3) is 2.33. The van der Waals surface area contributed by atoms with Gasteiger partial charge in [-0.15, -0.1) is 0 Å². The number of hydrogen-bond donors (Lipinski definition) is 1. The minimum atomic E-state index is -0.844. The van der Waals surface area contributed by atoms with Crippen LogP contribution in [0.4, 0.5) is 0 Å². The molecule has 3 nitrogen and oxygen atoms in total. The largest absolute Gasteiger partial charge is 0.478 e. The molecule has 0 atom stereocenters. The van der Waals surface area contributed by atoms with E-state index in [4.69, 9.17) is 0 Å². The molecule has 1 N–H and O–H groups in total. The molecule has 1 aromatic heterocycles. The summed E-state index contributed by atoms with van der Waals surface area (Å²) >= 11 is 0. The topological polar surface area (TPSA) is 42.2 Å². The van der Waals surface area contributed by atoms with Gasteiger partial charge in [0.2, 0.25) is 0 Å². The van der Waals surface area contributed by atoms with Crippen LogP contribution in [0.3, 0.4) is 0 Å². The Morgan fingerprint density at radius 1 is 1.20 bits per heavy atom. The van der Waals surface area contributed by atoms with Gasteiger partial charge in [-0.25, -0.2) is 4.79 Å². The van der Waals surface area contributed by atoms with Gasteiger partial charge in [-0.1, -0.05) is 20.3 Å². The lowest BCUT2D eigenvalue weighted by Gasteiger charge is -2.08. The summed E-state index contributed by atoms with van der Waals surface area (Å²) in [6.45, 7) is 9.30. The molecule has 0 amide bonds. The molecule has 0 saturated carbocycles. The van der Waals surface area contributed by atoms with E-state index in [1.165, 1.54) is 16.6 Å². The van der Waals surface area contributed by atoms with E-state index in [0.29, 0.717) is 5.56 Å². The van der Waals surface area contributed by atoms with Crippen LogP contribution in [0.15, 0.2) is 12.1 Å². The number of nitrogens with zero attached hydrogens (tertiary/aromatic N) is 1. The molecular weight excluding hydrogens is 250 g/mol. The normalized spacial score (nSPS) is 11.2. The van der Waals surface area contributed by atoms with Crippen molar-refractivity contribution in [2.24, 2.45) is 0 Å². The number of aryl methyl sites for hydroxylation is 3. The lowest BCUT2D eigenvalue weighted by molar-refractivity contribution is 0.0696. The highest BCUT2D eigenvalue weighted by Gasteiger charge is 2.17. The van der Waals surface area contributed by atoms with E-state index in [-0.39, 0.29) is 0 Å². The number of benzene rings is 1. The highest BCUT2D eigenvalue weighted by molar-refractivity contribution is 5.96. The average molecular weight is 273 g/mol. The van der Waals surface area contributed by atoms with Crippen LogP contribution in [0.1, 0.15) is 53.9 Å². The molecule has 0 unspecified atom stereocenters. The second-order valence-electron chi connectivity index (χ2n) is 5.46. The van der Waals surface area contributed by atoms with E-state index in [2.05, 4.69) is 25.3 Å². The first-order valence-electron chi connectivity index (χ1n) is 7.36. The van der Waals surface area contributed by atoms with Crippen molar-refractivity contribution < 1.29 is 9.90 Å². The van der Waals surface area contributed by atoms with Gasteiger partial charge in [0.1, 0.15) is 0 Å². The molecular formula is C17H23NO2. The number of aromatic carboxylic acids is 1. The second kappa shape index (κ2) is 5.70. The van der Waals surface area contributed by atoms with Crippen LogP contribution >= 0.6 is 0 Å². The molecule has 20 heavy (non-hydrogen) atoms. The van der Waals surface area contributed by atoms with Crippen molar-refractivity contribution in [1.82, 2.24) is 4.57 Å². The lowest BCUT2D eigenvalue weighted by atomic mass is 10.0. The van der Waals surface area contributed by atoms with E-state index in [1.807, 2.05) is 19.1 Å². The predicted molar refractivity (Wildman–Crippen MR) is 82.7 cm³/mol. The van der Waals surface area contributed by atoms with Crippen LogP contribution in [0.5, 0.6) is 0 Å². The summed E-state index contributed by atoms with van der Waals surface area (Å²) < 4.78 is 2.27. The Balaban J connectivity index is 2.78. The first kappa shape index (κ1) is 14.6. The molecule has 0 aliphatic carbocycles. The van der Waals surface area contributed by atoms with E-state index in [0.717, 1.165) is 36.9 Å². The molecule has 3 heteroatoms. The average Bonchev–Trinajstić information content (AvgIpc) is 2.64. The van der Waals surface area contributed by atoms with Crippen LogP contribution in [-0.2, 0) is 13.0 Å². The molecule has 0 radical (unpaired) electrons. The molecule has 108 valence electrons. The van der Waals surface area contributed by atoms with Gasteiger partial charge >= 0.3 is 5.97 Å². The summed E-state index contributed by atoms with van der Waals surface area (Å²) in [4.78, 5) is 11.3. The number of aromatic nitrogens is 1. The van der Waals surface area contributed by atoms with Crippen molar-refractivity contribution in [3.8, 4) is 0 Å². The quantitative estimate of drug-likeness (QED) is 0.881. The number of fused-ring (bicyclic) bond motifs is 1. The SMILES string of the molecule is CCCc1c(C)n(CCC)c2cc(C(=O)O)c(C)cc12. The molecule has 0 aliphatic rings. The zero-order valence-electron chi connectivity index (χ0n) is 12.8. The molecule has 0 bridgehead atoms. The fourth-order valence-corrected chi connectivity index (χ4v) is 3.01. The van der Waals surface area contributed by atoms with Crippen LogP contribution in [0.25, 0.3) is 10.9 Å². The zero-order valence-corrected chi connectivity index (χ0v) is 12.8. The summed E-state index contributed by atoms with van der Waals surface area (Å²) in [7, 11) is 0. The maximum Gasteiger partial charge on any atom is 0.336 e. The van der Waals surface area contributed by atoms with Gasteiger partial charge in [0, 0.05) is 23.1 Å². The number of carboxylic acids is 1. The Kier molecular flexibility index (Phi) is 4.17. The summed E-state index contributed by atoms with van der Waals surface area (Å²) in [5, 5.41) is 10.5. The van der Waals surface area contributed by atoms with Crippen LogP contribution in [-0.4, -0.2) is 15.6 Å². The van der Waals surface area contributed by atoms with E-state index in [1.54, 1.807) is 0 Å². The Morgan fingerprint density at radius 3 is 2.45 bits per heavy atom. The van der Waals surface area contributed by atoms with Crippen molar-refractivity contribution in [2.45, 2.75) is 53.5 Å². The molecule has 2 rings (SSSR count). The summed E-state index contributed by atoms with van der Waals surface area (Å²) in [6, 6.07) is 3.89. The number of carboxylic acid groups (broad SMARTS) is 1. The van der Waals surface area contributed by atoms with Crippen molar-refractivity contribution in [3.05, 3.63) is 34.5 Å². The van der Waals surface area contributed by atoms with Gasteiger partial charge in [0.05, 0.1) is 5.56 Å². The molecule has 0 saturated heterocycles. The van der Waals surface area contributed by atoms with Crippen molar-refractivity contribution in [2.75, 3.05) is 0 Å². The van der Waals surface area contributed by atoms with Crippen LogP contribution in [0, 0.1) is 13.8 Å². The Hall–Kier alpha value is -1.77. The van der Waals surface area contributed by atoms with Crippen molar-refractivity contribution >= 4 is 16.9 Å². The number of carbonyl (C=O) groups is 1. The molecule has 0 fully saturated rings. The van der Waals surface area contributed by atoms with E-state index in [9.17, 15) is 9.90 Å². The summed E-state index contributed by atoms with van der Waals surface area (Å²) in [6.07, 6.45) is 3.20. The predicted octanol–water partition coefficient (Wildman–Crippen LogP) is 4.32. The lowest BCUT2D eigenvalue weighted by Crippen LogP contribution is -2.02. The number of rotatable bonds is 5. The molecule has 0 aliphatic heterocycles. The van der Waals surface area contributed by atoms with Gasteiger partial charge in [-0.2, -0.15) is 0 Å². The standard InChI is InChI=1S/C17H23NO2/c1-5-7-13-12(4)18(8-6-2)16-10-14(17(19)20)11(3)9-15(13)16/h9-10H,5-8H2,1-4H3,(H,19,20). The second-order valence-corrected chi connectivity index (χ2v) is 5.46. The third-order valence-electron chi connectivity index (χ3n) is 3.98. The van der Waals surface area contributed by atoms with E-state index < -0.39 is 5.97 Å². The highest BCUT2D eigenvalue weighted by atomic mass is 16.4. The fourth-order valence-electron chi connectivity index (χ4n) is 3.01. The van der Waals surface area contributed by atoms with Crippen molar-refractivity contribution in [3.63, 3.8) is 0 Å². The molecule has 1 heterocycles. The molecule has 0 spiro atoms. The van der Waals surface area contributed by atoms with Crippen LogP contribution in [0.2, 0.25) is 0 Å². The fraction of sp³-hybridized carbons (Fsp3) is 0.471. The smallest absolute Gasteiger partial charge is 0.336 e. The Bertz CT molecular complexity index is 653. The van der Waals surface area contributed by atoms with Crippen molar-refractivity contribution in [1.29, 1.82) is 0 Å². The third-order valence-corrected chi connectivity index (χ3v) is 3.98. The zero-order chi connectivity index (χ0) is 14.9. The monoisotopic (exact) mass is 273 g/mol. The minimum Gasteiger partial charge on any atom is -0.478 e. The first-order valence-corrected chi connectivity index (χ1v) is 7.36.